The number of fused-ring (bicyclic) bond motifs is 1. The van der Waals surface area contributed by atoms with Crippen molar-refractivity contribution in [2.24, 2.45) is 0 Å². The minimum Gasteiger partial charge on any atom is -0.380 e. The van der Waals surface area contributed by atoms with Crippen LogP contribution in [0.1, 0.15) is 24.0 Å². The Labute approximate surface area is 73.4 Å². The molecule has 12 heavy (non-hydrogen) atoms. The Hall–Kier alpha value is -0.820. The summed E-state index contributed by atoms with van der Waals surface area (Å²) in [6.45, 7) is 2.24. The minimum atomic E-state index is 0.391. The van der Waals surface area contributed by atoms with Crippen LogP contribution in [0.2, 0.25) is 0 Å². The molecule has 2 unspecified atom stereocenters. The van der Waals surface area contributed by atoms with Gasteiger partial charge in [-0.05, 0) is 17.5 Å². The van der Waals surface area contributed by atoms with Gasteiger partial charge < -0.3 is 4.74 Å². The van der Waals surface area contributed by atoms with Gasteiger partial charge in [0.2, 0.25) is 0 Å². The first kappa shape index (κ1) is 7.81. The molecule has 1 heteroatoms. The Morgan fingerprint density at radius 1 is 1.33 bits per heavy atom. The number of hydrogen-bond acceptors (Lipinski definition) is 1. The fourth-order valence-corrected chi connectivity index (χ4v) is 2.05. The van der Waals surface area contributed by atoms with E-state index in [0.29, 0.717) is 12.0 Å². The van der Waals surface area contributed by atoms with Crippen LogP contribution in [0.5, 0.6) is 0 Å². The normalized spacial score (nSPS) is 27.2. The third kappa shape index (κ3) is 1.05. The maximum absolute atomic E-state index is 5.41. The highest BCUT2D eigenvalue weighted by molar-refractivity contribution is 5.36. The second-order valence-corrected chi connectivity index (χ2v) is 3.47. The van der Waals surface area contributed by atoms with E-state index >= 15 is 0 Å². The molecule has 0 saturated heterocycles. The molecule has 0 saturated carbocycles. The van der Waals surface area contributed by atoms with E-state index in [4.69, 9.17) is 4.74 Å². The van der Waals surface area contributed by atoms with E-state index in [9.17, 15) is 0 Å². The summed E-state index contributed by atoms with van der Waals surface area (Å²) < 4.78 is 5.41. The molecule has 0 aromatic heterocycles. The SMILES string of the molecule is COC1Cc2ccccc2C1C. The Kier molecular flexibility index (Phi) is 1.89. The fraction of sp³-hybridized carbons (Fsp3) is 0.455. The summed E-state index contributed by atoms with van der Waals surface area (Å²) in [5.74, 6) is 0.561. The van der Waals surface area contributed by atoms with E-state index in [1.165, 1.54) is 11.1 Å². The van der Waals surface area contributed by atoms with Crippen LogP contribution in [0.4, 0.5) is 0 Å². The highest BCUT2D eigenvalue weighted by atomic mass is 16.5. The van der Waals surface area contributed by atoms with Gasteiger partial charge in [-0.15, -0.1) is 0 Å². The van der Waals surface area contributed by atoms with Gasteiger partial charge in [0.1, 0.15) is 0 Å². The number of benzene rings is 1. The van der Waals surface area contributed by atoms with Gasteiger partial charge in [-0.1, -0.05) is 31.2 Å². The Bertz CT molecular complexity index is 280. The summed E-state index contributed by atoms with van der Waals surface area (Å²) in [4.78, 5) is 0. The van der Waals surface area contributed by atoms with Crippen LogP contribution in [0.25, 0.3) is 0 Å². The second-order valence-electron chi connectivity index (χ2n) is 3.47. The predicted molar refractivity (Wildman–Crippen MR) is 49.4 cm³/mol. The molecule has 2 atom stereocenters. The molecular formula is C11H14O. The van der Waals surface area contributed by atoms with E-state index in [0.717, 1.165) is 6.42 Å². The number of rotatable bonds is 1. The van der Waals surface area contributed by atoms with Gasteiger partial charge in [0.15, 0.2) is 0 Å². The minimum absolute atomic E-state index is 0.391. The Morgan fingerprint density at radius 3 is 2.75 bits per heavy atom. The average molecular weight is 162 g/mol. The van der Waals surface area contributed by atoms with Crippen LogP contribution < -0.4 is 0 Å². The highest BCUT2D eigenvalue weighted by Gasteiger charge is 2.27. The molecule has 0 amide bonds. The molecule has 0 spiro atoms. The zero-order valence-electron chi connectivity index (χ0n) is 7.58. The smallest absolute Gasteiger partial charge is 0.0677 e. The van der Waals surface area contributed by atoms with Crippen LogP contribution in [-0.2, 0) is 11.2 Å². The third-order valence-electron chi connectivity index (χ3n) is 2.83. The van der Waals surface area contributed by atoms with Gasteiger partial charge in [-0.2, -0.15) is 0 Å². The molecule has 0 N–H and O–H groups in total. The lowest BCUT2D eigenvalue weighted by Gasteiger charge is -2.13. The molecule has 1 aromatic rings. The summed E-state index contributed by atoms with van der Waals surface area (Å²) in [6, 6.07) is 8.61. The van der Waals surface area contributed by atoms with Crippen LogP contribution in [0.3, 0.4) is 0 Å². The number of hydrogen-bond donors (Lipinski definition) is 0. The van der Waals surface area contributed by atoms with Crippen molar-refractivity contribution in [2.75, 3.05) is 7.11 Å². The lowest BCUT2D eigenvalue weighted by Crippen LogP contribution is -2.13. The molecular weight excluding hydrogens is 148 g/mol. The maximum Gasteiger partial charge on any atom is 0.0677 e. The van der Waals surface area contributed by atoms with Gasteiger partial charge in [-0.25, -0.2) is 0 Å². The van der Waals surface area contributed by atoms with E-state index in [1.54, 1.807) is 7.11 Å². The second kappa shape index (κ2) is 2.91. The standard InChI is InChI=1S/C11H14O/c1-8-10-6-4-3-5-9(10)7-11(8)12-2/h3-6,8,11H,7H2,1-2H3. The molecule has 64 valence electrons. The van der Waals surface area contributed by atoms with Crippen LogP contribution in [0.15, 0.2) is 24.3 Å². The lowest BCUT2D eigenvalue weighted by atomic mass is 10.0. The van der Waals surface area contributed by atoms with Crippen molar-refractivity contribution >= 4 is 0 Å². The van der Waals surface area contributed by atoms with Gasteiger partial charge >= 0.3 is 0 Å². The molecule has 0 fully saturated rings. The van der Waals surface area contributed by atoms with Crippen molar-refractivity contribution in [1.29, 1.82) is 0 Å². The molecule has 2 rings (SSSR count). The van der Waals surface area contributed by atoms with Crippen molar-refractivity contribution in [2.45, 2.75) is 25.4 Å². The first-order valence-electron chi connectivity index (χ1n) is 4.43. The zero-order chi connectivity index (χ0) is 8.55. The predicted octanol–water partition coefficient (Wildman–Crippen LogP) is 2.36. The quantitative estimate of drug-likeness (QED) is 0.616. The van der Waals surface area contributed by atoms with E-state index < -0.39 is 0 Å². The highest BCUT2D eigenvalue weighted by Crippen LogP contribution is 2.33. The fourth-order valence-electron chi connectivity index (χ4n) is 2.05. The van der Waals surface area contributed by atoms with Gasteiger partial charge in [0.05, 0.1) is 6.10 Å². The van der Waals surface area contributed by atoms with Crippen molar-refractivity contribution in [3.8, 4) is 0 Å². The molecule has 1 nitrogen and oxygen atoms in total. The van der Waals surface area contributed by atoms with Crippen molar-refractivity contribution in [3.05, 3.63) is 35.4 Å². The van der Waals surface area contributed by atoms with Gasteiger partial charge in [0.25, 0.3) is 0 Å². The number of methoxy groups -OCH3 is 1. The summed E-state index contributed by atoms with van der Waals surface area (Å²) in [5.41, 5.74) is 2.92. The largest absolute Gasteiger partial charge is 0.380 e. The van der Waals surface area contributed by atoms with Crippen LogP contribution >= 0.6 is 0 Å². The summed E-state index contributed by atoms with van der Waals surface area (Å²) >= 11 is 0. The molecule has 0 bridgehead atoms. The molecule has 1 aromatic carbocycles. The molecule has 0 radical (unpaired) electrons. The summed E-state index contributed by atoms with van der Waals surface area (Å²) in [5, 5.41) is 0. The van der Waals surface area contributed by atoms with E-state index in [1.807, 2.05) is 0 Å². The van der Waals surface area contributed by atoms with Crippen molar-refractivity contribution in [1.82, 2.24) is 0 Å². The summed E-state index contributed by atoms with van der Waals surface area (Å²) in [6.07, 6.45) is 1.47. The lowest BCUT2D eigenvalue weighted by molar-refractivity contribution is 0.0938. The molecule has 1 aliphatic carbocycles. The van der Waals surface area contributed by atoms with Crippen LogP contribution in [0, 0.1) is 0 Å². The zero-order valence-corrected chi connectivity index (χ0v) is 7.58. The maximum atomic E-state index is 5.41. The monoisotopic (exact) mass is 162 g/mol. The van der Waals surface area contributed by atoms with E-state index in [2.05, 4.69) is 31.2 Å². The van der Waals surface area contributed by atoms with Crippen molar-refractivity contribution in [3.63, 3.8) is 0 Å². The Morgan fingerprint density at radius 2 is 2.08 bits per heavy atom. The first-order chi connectivity index (χ1) is 5.83. The van der Waals surface area contributed by atoms with Crippen molar-refractivity contribution < 1.29 is 4.74 Å². The topological polar surface area (TPSA) is 9.23 Å². The van der Waals surface area contributed by atoms with Crippen LogP contribution in [-0.4, -0.2) is 13.2 Å². The molecule has 0 aliphatic heterocycles. The van der Waals surface area contributed by atoms with E-state index in [-0.39, 0.29) is 0 Å². The number of ether oxygens (including phenoxy) is 1. The molecule has 0 heterocycles. The van der Waals surface area contributed by atoms with Gasteiger partial charge in [0, 0.05) is 13.0 Å². The summed E-state index contributed by atoms with van der Waals surface area (Å²) in [7, 11) is 1.80. The average Bonchev–Trinajstić information content (AvgIpc) is 2.44. The Balaban J connectivity index is 2.35. The molecule has 1 aliphatic rings. The first-order valence-corrected chi connectivity index (χ1v) is 4.43. The van der Waals surface area contributed by atoms with Gasteiger partial charge in [-0.3, -0.25) is 0 Å². The third-order valence-corrected chi connectivity index (χ3v) is 2.83.